The van der Waals surface area contributed by atoms with Crippen molar-refractivity contribution >= 4 is 27.7 Å². The molecule has 0 aromatic heterocycles. The van der Waals surface area contributed by atoms with Crippen molar-refractivity contribution in [3.63, 3.8) is 0 Å². The lowest BCUT2D eigenvalue weighted by Gasteiger charge is -2.29. The quantitative estimate of drug-likeness (QED) is 0.807. The van der Waals surface area contributed by atoms with Gasteiger partial charge in [-0.25, -0.2) is 0 Å². The molecule has 2 amide bonds. The number of carbonyl (C=O) groups excluding carboxylic acids is 2. The van der Waals surface area contributed by atoms with Crippen LogP contribution in [0.4, 0.5) is 0 Å². The summed E-state index contributed by atoms with van der Waals surface area (Å²) in [5.74, 6) is -0.122. The summed E-state index contributed by atoms with van der Waals surface area (Å²) in [4.78, 5) is 24.9. The highest BCUT2D eigenvalue weighted by Crippen LogP contribution is 2.15. The van der Waals surface area contributed by atoms with Gasteiger partial charge in [-0.2, -0.15) is 0 Å². The summed E-state index contributed by atoms with van der Waals surface area (Å²) in [5, 5.41) is 3.13. The second kappa shape index (κ2) is 6.85. The molecular formula is C14H18BrN3O2. The molecule has 0 spiro atoms. The maximum atomic E-state index is 12.2. The van der Waals surface area contributed by atoms with Crippen molar-refractivity contribution in [3.05, 3.63) is 34.3 Å². The molecule has 1 heterocycles. The summed E-state index contributed by atoms with van der Waals surface area (Å²) in [6.45, 7) is 2.12. The minimum atomic E-state index is -0.484. The Bertz CT molecular complexity index is 486. The molecule has 1 aromatic rings. The van der Waals surface area contributed by atoms with Crippen LogP contribution in [0.1, 0.15) is 12.0 Å². The third-order valence-electron chi connectivity index (χ3n) is 3.32. The van der Waals surface area contributed by atoms with Gasteiger partial charge >= 0.3 is 0 Å². The Morgan fingerprint density at radius 2 is 1.95 bits per heavy atom. The summed E-state index contributed by atoms with van der Waals surface area (Å²) in [5.41, 5.74) is 6.21. The molecule has 6 heteroatoms. The Kier molecular flexibility index (Phi) is 5.14. The van der Waals surface area contributed by atoms with Gasteiger partial charge in [-0.1, -0.05) is 28.1 Å². The molecule has 0 unspecified atom stereocenters. The van der Waals surface area contributed by atoms with E-state index in [-0.39, 0.29) is 12.5 Å². The molecular weight excluding hydrogens is 322 g/mol. The van der Waals surface area contributed by atoms with Gasteiger partial charge in [0.05, 0.1) is 6.54 Å². The minimum Gasteiger partial charge on any atom is -0.368 e. The van der Waals surface area contributed by atoms with Crippen molar-refractivity contribution in [2.45, 2.75) is 13.0 Å². The molecule has 20 heavy (non-hydrogen) atoms. The molecule has 0 saturated carbocycles. The third-order valence-corrected chi connectivity index (χ3v) is 3.84. The average Bonchev–Trinajstić information content (AvgIpc) is 2.35. The molecule has 108 valence electrons. The number of halogens is 1. The zero-order valence-electron chi connectivity index (χ0n) is 11.1. The Balaban J connectivity index is 1.99. The molecule has 1 fully saturated rings. The number of primary amides is 1. The standard InChI is InChI=1S/C14H18BrN3O2/c15-12-3-1-10(2-4-12)8-18(9-13(16)19)14(20)5-11-6-17-7-11/h1-4,11,17H,5-9H2,(H2,16,19). The van der Waals surface area contributed by atoms with Gasteiger partial charge in [0.15, 0.2) is 0 Å². The number of carbonyl (C=O) groups is 2. The van der Waals surface area contributed by atoms with Gasteiger partial charge in [0.1, 0.15) is 0 Å². The molecule has 1 aliphatic heterocycles. The fraction of sp³-hybridized carbons (Fsp3) is 0.429. The Morgan fingerprint density at radius 1 is 1.30 bits per heavy atom. The molecule has 0 bridgehead atoms. The summed E-state index contributed by atoms with van der Waals surface area (Å²) in [6, 6.07) is 7.68. The van der Waals surface area contributed by atoms with Crippen LogP contribution in [0.15, 0.2) is 28.7 Å². The molecule has 0 atom stereocenters. The maximum Gasteiger partial charge on any atom is 0.237 e. The van der Waals surface area contributed by atoms with Crippen molar-refractivity contribution < 1.29 is 9.59 Å². The largest absolute Gasteiger partial charge is 0.368 e. The number of amides is 2. The van der Waals surface area contributed by atoms with E-state index in [0.717, 1.165) is 23.1 Å². The van der Waals surface area contributed by atoms with Crippen LogP contribution in [-0.2, 0) is 16.1 Å². The van der Waals surface area contributed by atoms with Crippen molar-refractivity contribution in [2.75, 3.05) is 19.6 Å². The smallest absolute Gasteiger partial charge is 0.237 e. The van der Waals surface area contributed by atoms with Gasteiger partial charge in [0.25, 0.3) is 0 Å². The van der Waals surface area contributed by atoms with E-state index in [1.54, 1.807) is 0 Å². The first kappa shape index (κ1) is 15.0. The van der Waals surface area contributed by atoms with Crippen LogP contribution < -0.4 is 11.1 Å². The van der Waals surface area contributed by atoms with Crippen molar-refractivity contribution in [1.82, 2.24) is 10.2 Å². The van der Waals surface area contributed by atoms with E-state index in [0.29, 0.717) is 18.9 Å². The fourth-order valence-electron chi connectivity index (χ4n) is 2.10. The summed E-state index contributed by atoms with van der Waals surface area (Å²) in [7, 11) is 0. The van der Waals surface area contributed by atoms with E-state index >= 15 is 0 Å². The zero-order chi connectivity index (χ0) is 14.5. The SMILES string of the molecule is NC(=O)CN(Cc1ccc(Br)cc1)C(=O)CC1CNC1. The molecule has 0 aliphatic carbocycles. The number of hydrogen-bond donors (Lipinski definition) is 2. The first-order chi connectivity index (χ1) is 9.54. The molecule has 3 N–H and O–H groups in total. The van der Waals surface area contributed by atoms with E-state index in [9.17, 15) is 9.59 Å². The number of nitrogens with two attached hydrogens (primary N) is 1. The monoisotopic (exact) mass is 339 g/mol. The summed E-state index contributed by atoms with van der Waals surface area (Å²) < 4.78 is 0.981. The molecule has 5 nitrogen and oxygen atoms in total. The van der Waals surface area contributed by atoms with Gasteiger partial charge in [-0.15, -0.1) is 0 Å². The lowest BCUT2D eigenvalue weighted by molar-refractivity contribution is -0.136. The van der Waals surface area contributed by atoms with Crippen LogP contribution in [0, 0.1) is 5.92 Å². The van der Waals surface area contributed by atoms with Gasteiger partial charge in [0, 0.05) is 17.4 Å². The van der Waals surface area contributed by atoms with E-state index in [1.165, 1.54) is 4.90 Å². The molecule has 1 aliphatic rings. The minimum absolute atomic E-state index is 0.0155. The third kappa shape index (κ3) is 4.31. The number of nitrogens with zero attached hydrogens (tertiary/aromatic N) is 1. The van der Waals surface area contributed by atoms with Crippen LogP contribution in [0.2, 0.25) is 0 Å². The first-order valence-corrected chi connectivity index (χ1v) is 7.35. The van der Waals surface area contributed by atoms with E-state index in [1.807, 2.05) is 24.3 Å². The van der Waals surface area contributed by atoms with E-state index < -0.39 is 5.91 Å². The van der Waals surface area contributed by atoms with E-state index in [4.69, 9.17) is 5.73 Å². The van der Waals surface area contributed by atoms with Gasteiger partial charge in [0.2, 0.25) is 11.8 Å². The maximum absolute atomic E-state index is 12.2. The summed E-state index contributed by atoms with van der Waals surface area (Å²) >= 11 is 3.37. The number of rotatable bonds is 6. The Labute approximate surface area is 126 Å². The van der Waals surface area contributed by atoms with Crippen molar-refractivity contribution in [3.8, 4) is 0 Å². The first-order valence-electron chi connectivity index (χ1n) is 6.56. The predicted octanol–water partition coefficient (Wildman–Crippen LogP) is 0.872. The average molecular weight is 340 g/mol. The van der Waals surface area contributed by atoms with Gasteiger partial charge in [-0.05, 0) is 36.7 Å². The van der Waals surface area contributed by atoms with Crippen LogP contribution >= 0.6 is 15.9 Å². The highest BCUT2D eigenvalue weighted by atomic mass is 79.9. The molecule has 2 rings (SSSR count). The number of nitrogens with one attached hydrogen (secondary N) is 1. The fourth-order valence-corrected chi connectivity index (χ4v) is 2.36. The topological polar surface area (TPSA) is 75.4 Å². The number of hydrogen-bond acceptors (Lipinski definition) is 3. The van der Waals surface area contributed by atoms with Crippen molar-refractivity contribution in [1.29, 1.82) is 0 Å². The second-order valence-corrected chi connectivity index (χ2v) is 5.99. The second-order valence-electron chi connectivity index (χ2n) is 5.07. The number of benzene rings is 1. The predicted molar refractivity (Wildman–Crippen MR) is 79.7 cm³/mol. The lowest BCUT2D eigenvalue weighted by atomic mass is 9.98. The van der Waals surface area contributed by atoms with Crippen LogP contribution in [0.25, 0.3) is 0 Å². The van der Waals surface area contributed by atoms with Crippen molar-refractivity contribution in [2.24, 2.45) is 11.7 Å². The van der Waals surface area contributed by atoms with Crippen LogP contribution in [-0.4, -0.2) is 36.3 Å². The highest BCUT2D eigenvalue weighted by molar-refractivity contribution is 9.10. The van der Waals surface area contributed by atoms with E-state index in [2.05, 4.69) is 21.2 Å². The normalized spacial score (nSPS) is 14.7. The van der Waals surface area contributed by atoms with Crippen LogP contribution in [0.5, 0.6) is 0 Å². The molecule has 1 saturated heterocycles. The lowest BCUT2D eigenvalue weighted by Crippen LogP contribution is -2.46. The Morgan fingerprint density at radius 3 is 2.45 bits per heavy atom. The molecule has 0 radical (unpaired) electrons. The van der Waals surface area contributed by atoms with Gasteiger partial charge in [-0.3, -0.25) is 9.59 Å². The van der Waals surface area contributed by atoms with Crippen LogP contribution in [0.3, 0.4) is 0 Å². The highest BCUT2D eigenvalue weighted by Gasteiger charge is 2.24. The van der Waals surface area contributed by atoms with Gasteiger partial charge < -0.3 is 16.0 Å². The zero-order valence-corrected chi connectivity index (χ0v) is 12.7. The summed E-state index contributed by atoms with van der Waals surface area (Å²) in [6.07, 6.45) is 0.469. The Hall–Kier alpha value is -1.40. The molecule has 1 aromatic carbocycles.